The van der Waals surface area contributed by atoms with Crippen molar-refractivity contribution in [2.75, 3.05) is 11.9 Å². The Morgan fingerprint density at radius 2 is 1.85 bits per heavy atom. The van der Waals surface area contributed by atoms with E-state index in [1.165, 1.54) is 23.1 Å². The average molecular weight is 359 g/mol. The van der Waals surface area contributed by atoms with Crippen LogP contribution in [0.5, 0.6) is 0 Å². The lowest BCUT2D eigenvalue weighted by Gasteiger charge is -2.19. The third-order valence-electron chi connectivity index (χ3n) is 5.19. The monoisotopic (exact) mass is 359 g/mol. The number of nitrogens with one attached hydrogen (secondary N) is 1. The lowest BCUT2D eigenvalue weighted by atomic mass is 9.81. The second-order valence-corrected chi connectivity index (χ2v) is 6.88. The van der Waals surface area contributed by atoms with Crippen molar-refractivity contribution in [1.29, 1.82) is 0 Å². The van der Waals surface area contributed by atoms with Gasteiger partial charge in [0.15, 0.2) is 0 Å². The van der Waals surface area contributed by atoms with Crippen LogP contribution in [0.15, 0.2) is 18.2 Å². The molecule has 3 rings (SSSR count). The van der Waals surface area contributed by atoms with Crippen LogP contribution in [0.3, 0.4) is 0 Å². The van der Waals surface area contributed by atoms with Crippen LogP contribution < -0.4 is 5.32 Å². The molecular weight excluding hydrogens is 338 g/mol. The van der Waals surface area contributed by atoms with E-state index < -0.39 is 4.92 Å². The molecule has 0 radical (unpaired) electrons. The summed E-state index contributed by atoms with van der Waals surface area (Å²) in [7, 11) is 0. The molecule has 2 atom stereocenters. The largest absolute Gasteiger partial charge is 0.326 e. The van der Waals surface area contributed by atoms with E-state index in [1.54, 1.807) is 6.92 Å². The number of nitro benzene ring substituents is 1. The summed E-state index contributed by atoms with van der Waals surface area (Å²) in [5, 5.41) is 13.4. The van der Waals surface area contributed by atoms with Gasteiger partial charge in [0.1, 0.15) is 0 Å². The molecule has 1 aromatic carbocycles. The maximum Gasteiger partial charge on any atom is 0.269 e. The van der Waals surface area contributed by atoms with Crippen LogP contribution in [0, 0.1) is 28.9 Å². The quantitative estimate of drug-likeness (QED) is 0.493. The lowest BCUT2D eigenvalue weighted by Crippen LogP contribution is -2.34. The zero-order valence-corrected chi connectivity index (χ0v) is 14.6. The number of likely N-dealkylation sites (tertiary alicyclic amines) is 1. The average Bonchev–Trinajstić information content (AvgIpc) is 2.86. The van der Waals surface area contributed by atoms with Crippen molar-refractivity contribution in [3.8, 4) is 0 Å². The first kappa shape index (κ1) is 18.0. The molecule has 2 aliphatic rings. The Labute approximate surface area is 150 Å². The highest BCUT2D eigenvalue weighted by atomic mass is 16.6. The highest BCUT2D eigenvalue weighted by Gasteiger charge is 2.47. The molecule has 138 valence electrons. The van der Waals surface area contributed by atoms with Crippen molar-refractivity contribution >= 4 is 29.1 Å². The molecule has 0 spiro atoms. The van der Waals surface area contributed by atoms with Crippen LogP contribution in [-0.2, 0) is 14.4 Å². The minimum absolute atomic E-state index is 0.00729. The number of amides is 3. The van der Waals surface area contributed by atoms with Gasteiger partial charge < -0.3 is 5.32 Å². The molecule has 1 heterocycles. The van der Waals surface area contributed by atoms with E-state index in [0.717, 1.165) is 25.7 Å². The van der Waals surface area contributed by atoms with Gasteiger partial charge in [-0.3, -0.25) is 29.4 Å². The first-order valence-electron chi connectivity index (χ1n) is 8.78. The number of fused-ring (bicyclic) bond motifs is 1. The molecular formula is C18H21N3O5. The number of rotatable bonds is 5. The predicted octanol–water partition coefficient (Wildman–Crippen LogP) is 2.41. The van der Waals surface area contributed by atoms with Crippen LogP contribution in [0.25, 0.3) is 0 Å². The van der Waals surface area contributed by atoms with Gasteiger partial charge in [-0.15, -0.1) is 0 Å². The highest BCUT2D eigenvalue weighted by Crippen LogP contribution is 2.38. The normalized spacial score (nSPS) is 22.3. The Hall–Kier alpha value is -2.77. The summed E-state index contributed by atoms with van der Waals surface area (Å²) in [6, 6.07) is 4.18. The first-order chi connectivity index (χ1) is 12.4. The van der Waals surface area contributed by atoms with Gasteiger partial charge in [0.2, 0.25) is 17.7 Å². The molecule has 0 unspecified atom stereocenters. The number of carbonyl (C=O) groups is 3. The van der Waals surface area contributed by atoms with E-state index in [2.05, 4.69) is 5.32 Å². The van der Waals surface area contributed by atoms with Crippen molar-refractivity contribution in [3.05, 3.63) is 33.9 Å². The van der Waals surface area contributed by atoms with Crippen molar-refractivity contribution in [2.24, 2.45) is 11.8 Å². The van der Waals surface area contributed by atoms with E-state index in [4.69, 9.17) is 0 Å². The number of hydrogen-bond donors (Lipinski definition) is 1. The van der Waals surface area contributed by atoms with Gasteiger partial charge in [-0.1, -0.05) is 12.8 Å². The second-order valence-electron chi connectivity index (χ2n) is 6.88. The predicted molar refractivity (Wildman–Crippen MR) is 93.2 cm³/mol. The minimum Gasteiger partial charge on any atom is -0.326 e. The molecule has 1 saturated heterocycles. The molecule has 8 nitrogen and oxygen atoms in total. The fourth-order valence-electron chi connectivity index (χ4n) is 3.78. The second kappa shape index (κ2) is 7.23. The summed E-state index contributed by atoms with van der Waals surface area (Å²) >= 11 is 0. The standard InChI is InChI=1S/C18H21N3O5/c1-11-10-12(21(25)26)6-7-15(11)19-16(22)8-9-20-17(23)13-4-2-3-5-14(13)18(20)24/h6-7,10,13-14H,2-5,8-9H2,1H3,(H,19,22)/t13-,14-/m0/s1. The summed E-state index contributed by atoms with van der Waals surface area (Å²) in [6.07, 6.45) is 3.44. The van der Waals surface area contributed by atoms with E-state index >= 15 is 0 Å². The number of imide groups is 1. The number of aryl methyl sites for hydroxylation is 1. The molecule has 3 amide bonds. The molecule has 8 heteroatoms. The topological polar surface area (TPSA) is 110 Å². The van der Waals surface area contributed by atoms with Gasteiger partial charge in [-0.25, -0.2) is 0 Å². The lowest BCUT2D eigenvalue weighted by molar-refractivity contribution is -0.384. The third-order valence-corrected chi connectivity index (χ3v) is 5.19. The summed E-state index contributed by atoms with van der Waals surface area (Å²) < 4.78 is 0. The van der Waals surface area contributed by atoms with E-state index in [9.17, 15) is 24.5 Å². The zero-order valence-electron chi connectivity index (χ0n) is 14.6. The number of benzene rings is 1. The molecule has 1 aliphatic carbocycles. The molecule has 1 saturated carbocycles. The Morgan fingerprint density at radius 1 is 1.23 bits per heavy atom. The number of carbonyl (C=O) groups excluding carboxylic acids is 3. The molecule has 0 bridgehead atoms. The smallest absolute Gasteiger partial charge is 0.269 e. The Bertz CT molecular complexity index is 752. The van der Waals surface area contributed by atoms with Crippen molar-refractivity contribution < 1.29 is 19.3 Å². The molecule has 0 aromatic heterocycles. The highest BCUT2D eigenvalue weighted by molar-refractivity contribution is 6.05. The van der Waals surface area contributed by atoms with Crippen LogP contribution in [-0.4, -0.2) is 34.1 Å². The van der Waals surface area contributed by atoms with Crippen LogP contribution in [0.2, 0.25) is 0 Å². The maximum atomic E-state index is 12.4. The maximum absolute atomic E-state index is 12.4. The fraction of sp³-hybridized carbons (Fsp3) is 0.500. The van der Waals surface area contributed by atoms with Crippen molar-refractivity contribution in [1.82, 2.24) is 4.90 Å². The number of anilines is 1. The Balaban J connectivity index is 1.58. The van der Waals surface area contributed by atoms with Crippen molar-refractivity contribution in [2.45, 2.75) is 39.0 Å². The van der Waals surface area contributed by atoms with Gasteiger partial charge >= 0.3 is 0 Å². The number of hydrogen-bond acceptors (Lipinski definition) is 5. The van der Waals surface area contributed by atoms with E-state index in [0.29, 0.717) is 11.3 Å². The summed E-state index contributed by atoms with van der Waals surface area (Å²) in [5.74, 6) is -1.07. The summed E-state index contributed by atoms with van der Waals surface area (Å²) in [4.78, 5) is 48.4. The SMILES string of the molecule is Cc1cc([N+](=O)[O-])ccc1NC(=O)CCN1C(=O)[C@H]2CCCC[C@@H]2C1=O. The number of nitro groups is 1. The molecule has 26 heavy (non-hydrogen) atoms. The number of nitrogens with zero attached hydrogens (tertiary/aromatic N) is 2. The first-order valence-corrected chi connectivity index (χ1v) is 8.78. The van der Waals surface area contributed by atoms with Gasteiger partial charge in [-0.05, 0) is 31.4 Å². The summed E-state index contributed by atoms with van der Waals surface area (Å²) in [5.41, 5.74) is 1.01. The van der Waals surface area contributed by atoms with Crippen LogP contribution in [0.1, 0.15) is 37.7 Å². The van der Waals surface area contributed by atoms with Gasteiger partial charge in [0, 0.05) is 30.8 Å². The number of non-ortho nitro benzene ring substituents is 1. The van der Waals surface area contributed by atoms with Gasteiger partial charge in [0.25, 0.3) is 5.69 Å². The van der Waals surface area contributed by atoms with Gasteiger partial charge in [-0.2, -0.15) is 0 Å². The van der Waals surface area contributed by atoms with Gasteiger partial charge in [0.05, 0.1) is 16.8 Å². The Kier molecular flexibility index (Phi) is 5.01. The van der Waals surface area contributed by atoms with E-state index in [1.807, 2.05) is 0 Å². The molecule has 1 aliphatic heterocycles. The zero-order chi connectivity index (χ0) is 18.8. The molecule has 2 fully saturated rings. The van der Waals surface area contributed by atoms with E-state index in [-0.39, 0.29) is 48.2 Å². The van der Waals surface area contributed by atoms with Crippen molar-refractivity contribution in [3.63, 3.8) is 0 Å². The minimum atomic E-state index is -0.497. The Morgan fingerprint density at radius 3 is 2.38 bits per heavy atom. The van der Waals surface area contributed by atoms with Crippen LogP contribution in [0.4, 0.5) is 11.4 Å². The summed E-state index contributed by atoms with van der Waals surface area (Å²) in [6.45, 7) is 1.74. The van der Waals surface area contributed by atoms with Crippen LogP contribution >= 0.6 is 0 Å². The molecule has 1 aromatic rings. The molecule has 1 N–H and O–H groups in total. The fourth-order valence-corrected chi connectivity index (χ4v) is 3.78. The third kappa shape index (κ3) is 3.44.